The lowest BCUT2D eigenvalue weighted by molar-refractivity contribution is -0.122. The Balaban J connectivity index is 1.52. The summed E-state index contributed by atoms with van der Waals surface area (Å²) in [6.45, 7) is 8.87. The third-order valence-corrected chi connectivity index (χ3v) is 4.72. The van der Waals surface area contributed by atoms with E-state index in [1.54, 1.807) is 11.3 Å². The van der Waals surface area contributed by atoms with Crippen molar-refractivity contribution in [3.63, 3.8) is 0 Å². The van der Waals surface area contributed by atoms with Crippen molar-refractivity contribution < 1.29 is 4.79 Å². The topological polar surface area (TPSA) is 65.8 Å². The first-order chi connectivity index (χ1) is 10.7. The fourth-order valence-corrected chi connectivity index (χ4v) is 3.53. The summed E-state index contributed by atoms with van der Waals surface area (Å²) in [5.74, 6) is 0.124. The standard InChI is InChI=1S/C14H22N6OS/c1-3-4-15-12(21)10-18-5-7-19(8-6-18)14-17-20-9-11(2)16-13(20)22-14/h9H,3-8,10H2,1-2H3,(H,15,21). The van der Waals surface area contributed by atoms with Gasteiger partial charge in [-0.15, -0.1) is 5.10 Å². The van der Waals surface area contributed by atoms with Crippen molar-refractivity contribution in [2.75, 3.05) is 44.2 Å². The quantitative estimate of drug-likeness (QED) is 0.880. The number of piperazine rings is 1. The zero-order valence-electron chi connectivity index (χ0n) is 13.1. The molecule has 1 aliphatic heterocycles. The van der Waals surface area contributed by atoms with Crippen LogP contribution in [0.2, 0.25) is 0 Å². The van der Waals surface area contributed by atoms with Crippen molar-refractivity contribution in [3.05, 3.63) is 11.9 Å². The average Bonchev–Trinajstić information content (AvgIpc) is 3.03. The lowest BCUT2D eigenvalue weighted by Gasteiger charge is -2.33. The van der Waals surface area contributed by atoms with E-state index < -0.39 is 0 Å². The molecular formula is C14H22N6OS. The van der Waals surface area contributed by atoms with Crippen LogP contribution in [0.25, 0.3) is 4.96 Å². The van der Waals surface area contributed by atoms with Gasteiger partial charge in [0.15, 0.2) is 0 Å². The predicted octanol–water partition coefficient (Wildman–Crippen LogP) is 0.747. The van der Waals surface area contributed by atoms with Gasteiger partial charge in [-0.3, -0.25) is 9.69 Å². The molecule has 0 unspecified atom stereocenters. The molecule has 1 N–H and O–H groups in total. The highest BCUT2D eigenvalue weighted by atomic mass is 32.1. The fourth-order valence-electron chi connectivity index (χ4n) is 2.55. The predicted molar refractivity (Wildman–Crippen MR) is 87.6 cm³/mol. The number of nitrogens with zero attached hydrogens (tertiary/aromatic N) is 5. The molecule has 120 valence electrons. The molecule has 2 aromatic rings. The van der Waals surface area contributed by atoms with Crippen molar-refractivity contribution in [3.8, 4) is 0 Å². The number of amides is 1. The molecule has 0 atom stereocenters. The van der Waals surface area contributed by atoms with Crippen molar-refractivity contribution in [1.29, 1.82) is 0 Å². The van der Waals surface area contributed by atoms with E-state index >= 15 is 0 Å². The van der Waals surface area contributed by atoms with Gasteiger partial charge in [-0.05, 0) is 13.3 Å². The number of aryl methyl sites for hydroxylation is 1. The average molecular weight is 322 g/mol. The molecule has 3 rings (SSSR count). The normalized spacial score (nSPS) is 16.4. The zero-order chi connectivity index (χ0) is 15.5. The second-order valence-corrected chi connectivity index (χ2v) is 6.54. The molecule has 7 nitrogen and oxygen atoms in total. The van der Waals surface area contributed by atoms with Gasteiger partial charge in [-0.1, -0.05) is 18.3 Å². The van der Waals surface area contributed by atoms with Crippen molar-refractivity contribution in [2.24, 2.45) is 0 Å². The second kappa shape index (κ2) is 6.62. The summed E-state index contributed by atoms with van der Waals surface area (Å²) >= 11 is 1.62. The van der Waals surface area contributed by atoms with Crippen LogP contribution in [0, 0.1) is 6.92 Å². The van der Waals surface area contributed by atoms with Crippen LogP contribution in [0.5, 0.6) is 0 Å². The number of anilines is 1. The minimum atomic E-state index is 0.124. The largest absolute Gasteiger partial charge is 0.355 e. The van der Waals surface area contributed by atoms with Crippen LogP contribution in [0.15, 0.2) is 6.20 Å². The van der Waals surface area contributed by atoms with Gasteiger partial charge in [0, 0.05) is 32.7 Å². The lowest BCUT2D eigenvalue weighted by Crippen LogP contribution is -2.49. The summed E-state index contributed by atoms with van der Waals surface area (Å²) in [6, 6.07) is 0. The van der Waals surface area contributed by atoms with Crippen LogP contribution >= 0.6 is 11.3 Å². The number of rotatable bonds is 5. The summed E-state index contributed by atoms with van der Waals surface area (Å²) in [7, 11) is 0. The third-order valence-electron chi connectivity index (χ3n) is 3.74. The van der Waals surface area contributed by atoms with Gasteiger partial charge in [0.1, 0.15) is 0 Å². The number of hydrogen-bond donors (Lipinski definition) is 1. The third kappa shape index (κ3) is 3.38. The summed E-state index contributed by atoms with van der Waals surface area (Å²) in [6.07, 6.45) is 2.93. The summed E-state index contributed by atoms with van der Waals surface area (Å²) in [5.41, 5.74) is 0.994. The van der Waals surface area contributed by atoms with Gasteiger partial charge in [-0.25, -0.2) is 9.50 Å². The number of imidazole rings is 1. The maximum absolute atomic E-state index is 11.7. The van der Waals surface area contributed by atoms with Gasteiger partial charge in [-0.2, -0.15) is 0 Å². The molecule has 8 heteroatoms. The van der Waals surface area contributed by atoms with Gasteiger partial charge < -0.3 is 10.2 Å². The molecular weight excluding hydrogens is 300 g/mol. The molecule has 1 fully saturated rings. The number of fused-ring (bicyclic) bond motifs is 1. The SMILES string of the molecule is CCCNC(=O)CN1CCN(c2nn3cc(C)nc3s2)CC1. The Kier molecular flexibility index (Phi) is 4.58. The molecule has 0 spiro atoms. The minimum absolute atomic E-state index is 0.124. The van der Waals surface area contributed by atoms with Crippen molar-refractivity contribution in [2.45, 2.75) is 20.3 Å². The molecule has 0 radical (unpaired) electrons. The van der Waals surface area contributed by atoms with Crippen molar-refractivity contribution in [1.82, 2.24) is 24.8 Å². The highest BCUT2D eigenvalue weighted by Crippen LogP contribution is 2.24. The Morgan fingerprint density at radius 2 is 2.14 bits per heavy atom. The summed E-state index contributed by atoms with van der Waals surface area (Å²) < 4.78 is 1.85. The van der Waals surface area contributed by atoms with Gasteiger partial charge in [0.2, 0.25) is 16.0 Å². The smallest absolute Gasteiger partial charge is 0.234 e. The lowest BCUT2D eigenvalue weighted by atomic mass is 10.3. The molecule has 0 saturated carbocycles. The first-order valence-corrected chi connectivity index (χ1v) is 8.54. The Morgan fingerprint density at radius 3 is 2.82 bits per heavy atom. The van der Waals surface area contributed by atoms with Gasteiger partial charge in [0.25, 0.3) is 0 Å². The second-order valence-electron chi connectivity index (χ2n) is 5.61. The summed E-state index contributed by atoms with van der Waals surface area (Å²) in [4.78, 5) is 21.6. The molecule has 1 aliphatic rings. The number of aromatic nitrogens is 3. The number of carbonyl (C=O) groups excluding carboxylic acids is 1. The number of nitrogens with one attached hydrogen (secondary N) is 1. The van der Waals surface area contributed by atoms with Crippen LogP contribution in [-0.2, 0) is 4.79 Å². The maximum Gasteiger partial charge on any atom is 0.234 e. The fraction of sp³-hybridized carbons (Fsp3) is 0.643. The van der Waals surface area contributed by atoms with E-state index in [2.05, 4.69) is 32.1 Å². The minimum Gasteiger partial charge on any atom is -0.355 e. The maximum atomic E-state index is 11.7. The zero-order valence-corrected chi connectivity index (χ0v) is 13.9. The monoisotopic (exact) mass is 322 g/mol. The molecule has 1 saturated heterocycles. The van der Waals surface area contributed by atoms with Crippen LogP contribution < -0.4 is 10.2 Å². The van der Waals surface area contributed by atoms with E-state index in [0.717, 1.165) is 54.9 Å². The van der Waals surface area contributed by atoms with E-state index in [0.29, 0.717) is 6.54 Å². The highest BCUT2D eigenvalue weighted by Gasteiger charge is 2.21. The van der Waals surface area contributed by atoms with E-state index in [1.165, 1.54) is 0 Å². The Morgan fingerprint density at radius 1 is 1.36 bits per heavy atom. The molecule has 1 amide bonds. The van der Waals surface area contributed by atoms with Crippen LogP contribution in [0.4, 0.5) is 5.13 Å². The Hall–Kier alpha value is -1.67. The number of carbonyl (C=O) groups is 1. The number of hydrogen-bond acceptors (Lipinski definition) is 6. The van der Waals surface area contributed by atoms with E-state index in [1.807, 2.05) is 17.6 Å². The van der Waals surface area contributed by atoms with Crippen LogP contribution in [0.3, 0.4) is 0 Å². The van der Waals surface area contributed by atoms with Crippen LogP contribution in [-0.4, -0.2) is 64.7 Å². The van der Waals surface area contributed by atoms with Gasteiger partial charge >= 0.3 is 0 Å². The molecule has 0 bridgehead atoms. The molecule has 3 heterocycles. The van der Waals surface area contributed by atoms with E-state index in [-0.39, 0.29) is 5.91 Å². The Bertz CT molecular complexity index is 611. The van der Waals surface area contributed by atoms with E-state index in [4.69, 9.17) is 0 Å². The van der Waals surface area contributed by atoms with Gasteiger partial charge in [0.05, 0.1) is 18.4 Å². The molecule has 2 aromatic heterocycles. The van der Waals surface area contributed by atoms with E-state index in [9.17, 15) is 4.79 Å². The van der Waals surface area contributed by atoms with Crippen molar-refractivity contribution >= 4 is 27.3 Å². The molecule has 0 aromatic carbocycles. The highest BCUT2D eigenvalue weighted by molar-refractivity contribution is 7.20. The molecule has 0 aliphatic carbocycles. The first-order valence-electron chi connectivity index (χ1n) is 7.72. The summed E-state index contributed by atoms with van der Waals surface area (Å²) in [5, 5.41) is 8.52. The van der Waals surface area contributed by atoms with Crippen LogP contribution in [0.1, 0.15) is 19.0 Å². The Labute approximate surface area is 133 Å². The first kappa shape index (κ1) is 15.2. The molecule has 22 heavy (non-hydrogen) atoms.